The van der Waals surface area contributed by atoms with E-state index in [1.165, 1.54) is 0 Å². The number of rotatable bonds is 8. The SMILES string of the molecule is CC(C)(C)/C(NC(=O)C(F)(F)F)=C(\OCC[Si](C)(C)C)C(=O)Cc1ccccc1. The molecule has 1 aromatic rings. The zero-order valence-electron chi connectivity index (χ0n) is 17.9. The van der Waals surface area contributed by atoms with Gasteiger partial charge in [-0.15, -0.1) is 0 Å². The number of amides is 1. The van der Waals surface area contributed by atoms with E-state index >= 15 is 0 Å². The number of ketones is 1. The number of hydrogen-bond donors (Lipinski definition) is 1. The summed E-state index contributed by atoms with van der Waals surface area (Å²) in [5.41, 5.74) is -0.391. The Hall–Kier alpha value is -2.09. The van der Waals surface area contributed by atoms with E-state index in [1.54, 1.807) is 51.1 Å². The molecule has 1 amide bonds. The first-order valence-corrected chi connectivity index (χ1v) is 13.1. The topological polar surface area (TPSA) is 55.4 Å². The molecule has 0 aliphatic rings. The van der Waals surface area contributed by atoms with Gasteiger partial charge in [-0.1, -0.05) is 70.7 Å². The fraction of sp³-hybridized carbons (Fsp3) is 0.524. The van der Waals surface area contributed by atoms with Gasteiger partial charge in [0.1, 0.15) is 0 Å². The molecular weight excluding hydrogens is 399 g/mol. The second-order valence-corrected chi connectivity index (χ2v) is 14.8. The first-order valence-electron chi connectivity index (χ1n) is 9.44. The van der Waals surface area contributed by atoms with Crippen molar-refractivity contribution < 1.29 is 27.5 Å². The summed E-state index contributed by atoms with van der Waals surface area (Å²) < 4.78 is 44.3. The van der Waals surface area contributed by atoms with Crippen LogP contribution in [0.25, 0.3) is 0 Å². The lowest BCUT2D eigenvalue weighted by Crippen LogP contribution is -2.41. The summed E-state index contributed by atoms with van der Waals surface area (Å²) in [6, 6.07) is 9.58. The Morgan fingerprint density at radius 1 is 1.03 bits per heavy atom. The predicted octanol–water partition coefficient (Wildman–Crippen LogP) is 5.09. The maximum atomic E-state index is 13.0. The third-order valence-corrected chi connectivity index (χ3v) is 5.74. The number of carbonyl (C=O) groups is 2. The number of alkyl halides is 3. The number of carbonyl (C=O) groups excluding carboxylic acids is 2. The van der Waals surface area contributed by atoms with Crippen molar-refractivity contribution in [2.75, 3.05) is 6.61 Å². The van der Waals surface area contributed by atoms with Gasteiger partial charge in [-0.2, -0.15) is 13.2 Å². The van der Waals surface area contributed by atoms with Crippen LogP contribution in [0, 0.1) is 5.41 Å². The largest absolute Gasteiger partial charge is 0.488 e. The number of ether oxygens (including phenoxy) is 1. The van der Waals surface area contributed by atoms with E-state index in [0.29, 0.717) is 5.56 Å². The number of allylic oxidation sites excluding steroid dienone is 2. The fourth-order valence-corrected chi connectivity index (χ4v) is 3.10. The number of hydrogen-bond acceptors (Lipinski definition) is 3. The van der Waals surface area contributed by atoms with E-state index in [0.717, 1.165) is 6.04 Å². The molecule has 0 aliphatic heterocycles. The van der Waals surface area contributed by atoms with Gasteiger partial charge in [-0.3, -0.25) is 9.59 Å². The molecule has 0 atom stereocenters. The third kappa shape index (κ3) is 8.85. The van der Waals surface area contributed by atoms with Crippen molar-refractivity contribution in [2.45, 2.75) is 59.1 Å². The molecule has 1 N–H and O–H groups in total. The van der Waals surface area contributed by atoms with Crippen LogP contribution < -0.4 is 5.32 Å². The highest BCUT2D eigenvalue weighted by Crippen LogP contribution is 2.29. The third-order valence-electron chi connectivity index (χ3n) is 4.03. The molecule has 0 saturated carbocycles. The normalized spacial score (nSPS) is 13.6. The highest BCUT2D eigenvalue weighted by Gasteiger charge is 2.41. The Morgan fingerprint density at radius 3 is 2.03 bits per heavy atom. The minimum absolute atomic E-state index is 0.0371. The lowest BCUT2D eigenvalue weighted by atomic mass is 9.89. The van der Waals surface area contributed by atoms with E-state index in [2.05, 4.69) is 19.6 Å². The van der Waals surface area contributed by atoms with Gasteiger partial charge in [0.2, 0.25) is 5.78 Å². The monoisotopic (exact) mass is 429 g/mol. The zero-order chi connectivity index (χ0) is 22.5. The van der Waals surface area contributed by atoms with Crippen molar-refractivity contribution in [1.82, 2.24) is 5.32 Å². The minimum Gasteiger partial charge on any atom is -0.488 e. The number of halogens is 3. The molecule has 0 radical (unpaired) electrons. The average Bonchev–Trinajstić information content (AvgIpc) is 2.55. The molecule has 0 aromatic heterocycles. The minimum atomic E-state index is -5.07. The quantitative estimate of drug-likeness (QED) is 0.356. The van der Waals surface area contributed by atoms with E-state index in [9.17, 15) is 22.8 Å². The second kappa shape index (κ2) is 9.60. The Kier molecular flexibility index (Phi) is 8.26. The summed E-state index contributed by atoms with van der Waals surface area (Å²) >= 11 is 0. The first-order chi connectivity index (χ1) is 13.1. The Balaban J connectivity index is 3.32. The lowest BCUT2D eigenvalue weighted by Gasteiger charge is -2.27. The van der Waals surface area contributed by atoms with Gasteiger partial charge in [0.05, 0.1) is 12.3 Å². The van der Waals surface area contributed by atoms with Gasteiger partial charge < -0.3 is 10.1 Å². The van der Waals surface area contributed by atoms with Gasteiger partial charge >= 0.3 is 12.1 Å². The number of nitrogens with one attached hydrogen (secondary N) is 1. The van der Waals surface area contributed by atoms with Gasteiger partial charge in [-0.05, 0) is 11.6 Å². The maximum absolute atomic E-state index is 13.0. The molecule has 0 saturated heterocycles. The van der Waals surface area contributed by atoms with Crippen LogP contribution in [-0.2, 0) is 20.7 Å². The summed E-state index contributed by atoms with van der Waals surface area (Å²) in [7, 11) is -1.50. The summed E-state index contributed by atoms with van der Waals surface area (Å²) in [5, 5.41) is 1.89. The average molecular weight is 430 g/mol. The second-order valence-electron chi connectivity index (χ2n) is 9.15. The van der Waals surface area contributed by atoms with Gasteiger partial charge in [-0.25, -0.2) is 0 Å². The Bertz CT molecular complexity index is 745. The molecule has 0 heterocycles. The lowest BCUT2D eigenvalue weighted by molar-refractivity contribution is -0.173. The highest BCUT2D eigenvalue weighted by atomic mass is 28.3. The summed E-state index contributed by atoms with van der Waals surface area (Å²) in [6.07, 6.45) is -5.10. The molecule has 1 rings (SSSR count). The standard InChI is InChI=1S/C21H30F3NO3Si/c1-20(2,3)18(25-19(27)21(22,23)24)17(28-12-13-29(4,5)6)16(26)14-15-10-8-7-9-11-15/h7-11H,12-14H2,1-6H3,(H,25,27)/b18-17+. The predicted molar refractivity (Wildman–Crippen MR) is 110 cm³/mol. The summed E-state index contributed by atoms with van der Waals surface area (Å²) in [4.78, 5) is 24.6. The van der Waals surface area contributed by atoms with Crippen LogP contribution in [0.4, 0.5) is 13.2 Å². The smallest absolute Gasteiger partial charge is 0.471 e. The van der Waals surface area contributed by atoms with Crippen molar-refractivity contribution in [3.63, 3.8) is 0 Å². The molecule has 0 spiro atoms. The Labute approximate surface area is 171 Å². The van der Waals surface area contributed by atoms with Crippen molar-refractivity contribution in [3.05, 3.63) is 47.4 Å². The van der Waals surface area contributed by atoms with E-state index < -0.39 is 31.4 Å². The van der Waals surface area contributed by atoms with Crippen LogP contribution in [0.5, 0.6) is 0 Å². The molecule has 0 bridgehead atoms. The molecule has 0 fully saturated rings. The number of benzene rings is 1. The maximum Gasteiger partial charge on any atom is 0.471 e. The van der Waals surface area contributed by atoms with Crippen molar-refractivity contribution in [3.8, 4) is 0 Å². The summed E-state index contributed by atoms with van der Waals surface area (Å²) in [6.45, 7) is 11.4. The Morgan fingerprint density at radius 2 is 1.59 bits per heavy atom. The van der Waals surface area contributed by atoms with E-state index in [-0.39, 0.29) is 24.5 Å². The van der Waals surface area contributed by atoms with Crippen LogP contribution in [0.1, 0.15) is 26.3 Å². The molecule has 0 unspecified atom stereocenters. The number of Topliss-reactive ketones (excluding diaryl/α,β-unsaturated/α-hetero) is 1. The van der Waals surface area contributed by atoms with Crippen molar-refractivity contribution in [2.24, 2.45) is 5.41 Å². The van der Waals surface area contributed by atoms with Gasteiger partial charge in [0.15, 0.2) is 5.76 Å². The van der Waals surface area contributed by atoms with Gasteiger partial charge in [0.25, 0.3) is 0 Å². The van der Waals surface area contributed by atoms with Crippen LogP contribution in [0.2, 0.25) is 25.7 Å². The molecule has 8 heteroatoms. The molecular formula is C21H30F3NO3Si. The molecule has 4 nitrogen and oxygen atoms in total. The summed E-state index contributed by atoms with van der Waals surface area (Å²) in [5.74, 6) is -2.81. The van der Waals surface area contributed by atoms with Crippen LogP contribution >= 0.6 is 0 Å². The van der Waals surface area contributed by atoms with Crippen LogP contribution in [0.3, 0.4) is 0 Å². The molecule has 1 aromatic carbocycles. The molecule has 29 heavy (non-hydrogen) atoms. The molecule has 162 valence electrons. The zero-order valence-corrected chi connectivity index (χ0v) is 18.9. The fourth-order valence-electron chi connectivity index (χ4n) is 2.38. The van der Waals surface area contributed by atoms with Crippen LogP contribution in [-0.4, -0.2) is 32.5 Å². The van der Waals surface area contributed by atoms with Crippen LogP contribution in [0.15, 0.2) is 41.8 Å². The van der Waals surface area contributed by atoms with E-state index in [4.69, 9.17) is 4.74 Å². The molecule has 0 aliphatic carbocycles. The van der Waals surface area contributed by atoms with Crippen molar-refractivity contribution >= 4 is 19.8 Å². The highest BCUT2D eigenvalue weighted by molar-refractivity contribution is 6.76. The first kappa shape index (κ1) is 24.9. The van der Waals surface area contributed by atoms with Gasteiger partial charge in [0, 0.05) is 19.9 Å². The van der Waals surface area contributed by atoms with Crippen molar-refractivity contribution in [1.29, 1.82) is 0 Å². The van der Waals surface area contributed by atoms with E-state index in [1.807, 2.05) is 5.32 Å².